The number of pyridine rings is 1. The van der Waals surface area contributed by atoms with E-state index in [-0.39, 0.29) is 0 Å². The Morgan fingerprint density at radius 3 is 2.82 bits per heavy atom. The molecule has 88 valence electrons. The summed E-state index contributed by atoms with van der Waals surface area (Å²) in [6.07, 6.45) is 5.16. The van der Waals surface area contributed by atoms with E-state index in [1.54, 1.807) is 18.6 Å². The fraction of sp³-hybridized carbons (Fsp3) is 0.250. The first-order valence-electron chi connectivity index (χ1n) is 5.44. The van der Waals surface area contributed by atoms with Gasteiger partial charge in [-0.25, -0.2) is 4.98 Å². The van der Waals surface area contributed by atoms with Gasteiger partial charge in [0, 0.05) is 13.2 Å². The molecule has 2 N–H and O–H groups in total. The highest BCUT2D eigenvalue weighted by Crippen LogP contribution is 2.09. The van der Waals surface area contributed by atoms with Crippen LogP contribution in [0.2, 0.25) is 0 Å². The number of anilines is 2. The minimum absolute atomic E-state index is 0.647. The Balaban J connectivity index is 2.05. The minimum atomic E-state index is 0.647. The van der Waals surface area contributed by atoms with E-state index in [9.17, 15) is 0 Å². The van der Waals surface area contributed by atoms with Crippen LogP contribution < -0.4 is 10.6 Å². The molecule has 0 bridgehead atoms. The second-order valence-electron chi connectivity index (χ2n) is 3.66. The van der Waals surface area contributed by atoms with Gasteiger partial charge in [-0.05, 0) is 18.6 Å². The quantitative estimate of drug-likeness (QED) is 0.837. The molecule has 0 atom stereocenters. The number of nitrogens with zero attached hydrogens (tertiary/aromatic N) is 3. The van der Waals surface area contributed by atoms with Crippen molar-refractivity contribution in [2.24, 2.45) is 0 Å². The first-order chi connectivity index (χ1) is 8.29. The number of rotatable bonds is 4. The maximum atomic E-state index is 4.32. The molecule has 0 aliphatic rings. The summed E-state index contributed by atoms with van der Waals surface area (Å²) in [5, 5.41) is 6.15. The van der Waals surface area contributed by atoms with Crippen molar-refractivity contribution < 1.29 is 0 Å². The fourth-order valence-corrected chi connectivity index (χ4v) is 1.45. The Kier molecular flexibility index (Phi) is 3.49. The minimum Gasteiger partial charge on any atom is -0.372 e. The molecule has 2 rings (SSSR count). The average Bonchev–Trinajstić information content (AvgIpc) is 2.38. The third-order valence-electron chi connectivity index (χ3n) is 2.45. The SMILES string of the molecule is CNc1cncc(NCc2ncccc2C)n1. The van der Waals surface area contributed by atoms with Crippen molar-refractivity contribution in [3.8, 4) is 0 Å². The van der Waals surface area contributed by atoms with E-state index < -0.39 is 0 Å². The molecule has 17 heavy (non-hydrogen) atoms. The molecule has 0 fully saturated rings. The lowest BCUT2D eigenvalue weighted by Gasteiger charge is -2.07. The van der Waals surface area contributed by atoms with E-state index in [1.165, 1.54) is 0 Å². The largest absolute Gasteiger partial charge is 0.372 e. The molecule has 2 heterocycles. The van der Waals surface area contributed by atoms with Gasteiger partial charge < -0.3 is 10.6 Å². The van der Waals surface area contributed by atoms with Gasteiger partial charge in [0.05, 0.1) is 24.6 Å². The van der Waals surface area contributed by atoms with Crippen molar-refractivity contribution >= 4 is 11.6 Å². The Labute approximate surface area is 100 Å². The summed E-state index contributed by atoms with van der Waals surface area (Å²) >= 11 is 0. The summed E-state index contributed by atoms with van der Waals surface area (Å²) in [5.41, 5.74) is 2.18. The van der Waals surface area contributed by atoms with Crippen LogP contribution >= 0.6 is 0 Å². The molecule has 0 radical (unpaired) electrons. The van der Waals surface area contributed by atoms with Crippen LogP contribution in [0.1, 0.15) is 11.3 Å². The van der Waals surface area contributed by atoms with Crippen LogP contribution in [0.3, 0.4) is 0 Å². The zero-order valence-corrected chi connectivity index (χ0v) is 9.94. The first-order valence-corrected chi connectivity index (χ1v) is 5.44. The maximum Gasteiger partial charge on any atom is 0.147 e. The summed E-state index contributed by atoms with van der Waals surface area (Å²) in [4.78, 5) is 12.7. The zero-order valence-electron chi connectivity index (χ0n) is 9.94. The normalized spacial score (nSPS) is 10.0. The van der Waals surface area contributed by atoms with E-state index in [4.69, 9.17) is 0 Å². The molecule has 0 saturated carbocycles. The van der Waals surface area contributed by atoms with E-state index in [0.29, 0.717) is 6.54 Å². The topological polar surface area (TPSA) is 62.7 Å². The Morgan fingerprint density at radius 2 is 2.06 bits per heavy atom. The molecule has 5 heteroatoms. The molecule has 0 aliphatic carbocycles. The van der Waals surface area contributed by atoms with Gasteiger partial charge in [-0.1, -0.05) is 6.07 Å². The van der Waals surface area contributed by atoms with Gasteiger partial charge in [-0.15, -0.1) is 0 Å². The van der Waals surface area contributed by atoms with Gasteiger partial charge in [0.1, 0.15) is 11.6 Å². The Morgan fingerprint density at radius 1 is 1.24 bits per heavy atom. The summed E-state index contributed by atoms with van der Waals surface area (Å²) in [6.45, 7) is 2.69. The van der Waals surface area contributed by atoms with Crippen molar-refractivity contribution in [1.82, 2.24) is 15.0 Å². The highest BCUT2D eigenvalue weighted by molar-refractivity contribution is 5.41. The molecule has 2 aromatic rings. The number of hydrogen-bond donors (Lipinski definition) is 2. The Bertz CT molecular complexity index is 498. The predicted octanol–water partition coefficient (Wildman–Crippen LogP) is 1.83. The third-order valence-corrected chi connectivity index (χ3v) is 2.45. The summed E-state index contributed by atoms with van der Waals surface area (Å²) < 4.78 is 0. The maximum absolute atomic E-state index is 4.32. The lowest BCUT2D eigenvalue weighted by Crippen LogP contribution is -2.06. The number of nitrogens with one attached hydrogen (secondary N) is 2. The fourth-order valence-electron chi connectivity index (χ4n) is 1.45. The van der Waals surface area contributed by atoms with Crippen LogP contribution in [0.5, 0.6) is 0 Å². The molecule has 0 unspecified atom stereocenters. The lowest BCUT2D eigenvalue weighted by atomic mass is 10.2. The van der Waals surface area contributed by atoms with Crippen molar-refractivity contribution in [3.05, 3.63) is 42.0 Å². The number of aryl methyl sites for hydroxylation is 1. The van der Waals surface area contributed by atoms with Crippen LogP contribution in [-0.4, -0.2) is 22.0 Å². The van der Waals surface area contributed by atoms with E-state index in [0.717, 1.165) is 22.9 Å². The highest BCUT2D eigenvalue weighted by atomic mass is 15.1. The van der Waals surface area contributed by atoms with Crippen LogP contribution in [0, 0.1) is 6.92 Å². The van der Waals surface area contributed by atoms with Gasteiger partial charge in [0.15, 0.2) is 0 Å². The monoisotopic (exact) mass is 229 g/mol. The smallest absolute Gasteiger partial charge is 0.147 e. The van der Waals surface area contributed by atoms with Crippen molar-refractivity contribution in [2.45, 2.75) is 13.5 Å². The van der Waals surface area contributed by atoms with Crippen LogP contribution in [-0.2, 0) is 6.54 Å². The van der Waals surface area contributed by atoms with E-state index >= 15 is 0 Å². The molecule has 5 nitrogen and oxygen atoms in total. The van der Waals surface area contributed by atoms with E-state index in [2.05, 4.69) is 25.6 Å². The highest BCUT2D eigenvalue weighted by Gasteiger charge is 2.00. The molecule has 2 aromatic heterocycles. The van der Waals surface area contributed by atoms with E-state index in [1.807, 2.05) is 26.1 Å². The molecule has 0 saturated heterocycles. The van der Waals surface area contributed by atoms with Crippen molar-refractivity contribution in [3.63, 3.8) is 0 Å². The molecular formula is C12H15N5. The second-order valence-corrected chi connectivity index (χ2v) is 3.66. The zero-order chi connectivity index (χ0) is 12.1. The van der Waals surface area contributed by atoms with Crippen LogP contribution in [0.15, 0.2) is 30.7 Å². The molecule has 0 aliphatic heterocycles. The predicted molar refractivity (Wildman–Crippen MR) is 67.9 cm³/mol. The molecular weight excluding hydrogens is 214 g/mol. The van der Waals surface area contributed by atoms with Gasteiger partial charge in [0.25, 0.3) is 0 Å². The molecule has 0 aromatic carbocycles. The lowest BCUT2D eigenvalue weighted by molar-refractivity contribution is 0.999. The summed E-state index contributed by atoms with van der Waals surface area (Å²) in [7, 11) is 1.82. The molecule has 0 spiro atoms. The van der Waals surface area contributed by atoms with Crippen LogP contribution in [0.4, 0.5) is 11.6 Å². The first kappa shape index (κ1) is 11.3. The van der Waals surface area contributed by atoms with Crippen LogP contribution in [0.25, 0.3) is 0 Å². The van der Waals surface area contributed by atoms with Gasteiger partial charge in [-0.2, -0.15) is 0 Å². The third kappa shape index (κ3) is 2.90. The summed E-state index contributed by atoms with van der Waals surface area (Å²) in [6, 6.07) is 3.97. The summed E-state index contributed by atoms with van der Waals surface area (Å²) in [5.74, 6) is 1.48. The average molecular weight is 229 g/mol. The van der Waals surface area contributed by atoms with Crippen molar-refractivity contribution in [2.75, 3.05) is 17.7 Å². The standard InChI is InChI=1S/C12H15N5/c1-9-4-3-5-15-10(9)6-16-12-8-14-7-11(13-2)17-12/h3-5,7-8H,6H2,1-2H3,(H2,13,16,17). The van der Waals surface area contributed by atoms with Gasteiger partial charge in [-0.3, -0.25) is 9.97 Å². The van der Waals surface area contributed by atoms with Crippen molar-refractivity contribution in [1.29, 1.82) is 0 Å². The number of aromatic nitrogens is 3. The van der Waals surface area contributed by atoms with Gasteiger partial charge >= 0.3 is 0 Å². The number of hydrogen-bond acceptors (Lipinski definition) is 5. The Hall–Kier alpha value is -2.17. The molecule has 0 amide bonds. The van der Waals surface area contributed by atoms with Gasteiger partial charge in [0.2, 0.25) is 0 Å². The second kappa shape index (κ2) is 5.25.